The molecule has 0 aliphatic carbocycles. The third-order valence-corrected chi connectivity index (χ3v) is 5.46. The van der Waals surface area contributed by atoms with Crippen molar-refractivity contribution in [1.82, 2.24) is 14.7 Å². The summed E-state index contributed by atoms with van der Waals surface area (Å²) in [5, 5.41) is 28.5. The molecule has 0 saturated carbocycles. The second-order valence-corrected chi connectivity index (χ2v) is 7.43. The fourth-order valence-corrected chi connectivity index (χ4v) is 3.78. The Labute approximate surface area is 169 Å². The standard InChI is InChI=1S/C21H24N4O4/c1-24-12-10-21(28,20(24)27)9-8-14-5-3-6-15(13-14)25-16-7-4-11-22-17(16)18(23-25)19(26)29-2/h3,5-6,13,20,22,27-28H,4,7,10-12H2,1-2H3/t20?,21-/m0/s1. The van der Waals surface area contributed by atoms with Crippen molar-refractivity contribution in [2.24, 2.45) is 0 Å². The van der Waals surface area contributed by atoms with Crippen LogP contribution in [-0.4, -0.2) is 69.9 Å². The van der Waals surface area contributed by atoms with E-state index in [4.69, 9.17) is 4.74 Å². The zero-order valence-corrected chi connectivity index (χ0v) is 16.5. The normalized spacial score (nSPS) is 23.7. The van der Waals surface area contributed by atoms with Crippen LogP contribution in [-0.2, 0) is 11.2 Å². The molecule has 2 aliphatic heterocycles. The smallest absolute Gasteiger partial charge is 0.360 e. The Bertz CT molecular complexity index is 1010. The molecule has 0 spiro atoms. The number of nitrogens with zero attached hydrogens (tertiary/aromatic N) is 3. The number of hydrogen-bond acceptors (Lipinski definition) is 7. The van der Waals surface area contributed by atoms with Crippen molar-refractivity contribution in [2.75, 3.05) is 32.6 Å². The van der Waals surface area contributed by atoms with Crippen LogP contribution in [0.15, 0.2) is 24.3 Å². The average Bonchev–Trinajstić information content (AvgIpc) is 3.26. The number of carbonyl (C=O) groups is 1. The van der Waals surface area contributed by atoms with Gasteiger partial charge < -0.3 is 20.3 Å². The van der Waals surface area contributed by atoms with E-state index in [2.05, 4.69) is 22.3 Å². The number of hydrogen-bond donors (Lipinski definition) is 3. The highest BCUT2D eigenvalue weighted by Gasteiger charge is 2.42. The molecule has 1 aromatic carbocycles. The van der Waals surface area contributed by atoms with Crippen molar-refractivity contribution in [3.05, 3.63) is 41.2 Å². The second-order valence-electron chi connectivity index (χ2n) is 7.43. The number of aliphatic hydroxyl groups is 2. The monoisotopic (exact) mass is 396 g/mol. The Morgan fingerprint density at radius 2 is 2.28 bits per heavy atom. The number of esters is 1. The van der Waals surface area contributed by atoms with Gasteiger partial charge in [-0.2, -0.15) is 5.10 Å². The molecule has 0 amide bonds. The Morgan fingerprint density at radius 1 is 1.45 bits per heavy atom. The van der Waals surface area contributed by atoms with Crippen LogP contribution < -0.4 is 5.32 Å². The second kappa shape index (κ2) is 7.52. The predicted molar refractivity (Wildman–Crippen MR) is 107 cm³/mol. The molecule has 3 heterocycles. The number of fused-ring (bicyclic) bond motifs is 1. The van der Waals surface area contributed by atoms with Crippen LogP contribution in [0.2, 0.25) is 0 Å². The van der Waals surface area contributed by atoms with Crippen molar-refractivity contribution in [2.45, 2.75) is 31.1 Å². The molecule has 1 saturated heterocycles. The van der Waals surface area contributed by atoms with Gasteiger partial charge >= 0.3 is 5.97 Å². The number of benzene rings is 1. The lowest BCUT2D eigenvalue weighted by Crippen LogP contribution is -2.42. The molecule has 2 atom stereocenters. The lowest BCUT2D eigenvalue weighted by molar-refractivity contribution is -0.0633. The van der Waals surface area contributed by atoms with E-state index in [1.54, 1.807) is 16.6 Å². The van der Waals surface area contributed by atoms with Gasteiger partial charge in [-0.05, 0) is 38.1 Å². The molecular weight excluding hydrogens is 372 g/mol. The molecule has 0 radical (unpaired) electrons. The first-order chi connectivity index (χ1) is 13.9. The maximum absolute atomic E-state index is 12.1. The molecule has 2 aliphatic rings. The van der Waals surface area contributed by atoms with Crippen molar-refractivity contribution < 1.29 is 19.7 Å². The summed E-state index contributed by atoms with van der Waals surface area (Å²) >= 11 is 0. The molecule has 3 N–H and O–H groups in total. The topological polar surface area (TPSA) is 99.8 Å². The quantitative estimate of drug-likeness (QED) is 0.509. The minimum Gasteiger partial charge on any atom is -0.464 e. The first kappa shape index (κ1) is 19.5. The molecular formula is C21H24N4O4. The number of carbonyl (C=O) groups excluding carboxylic acids is 1. The van der Waals surface area contributed by atoms with Gasteiger partial charge in [0.15, 0.2) is 11.3 Å². The first-order valence-electron chi connectivity index (χ1n) is 9.61. The van der Waals surface area contributed by atoms with E-state index >= 15 is 0 Å². The largest absolute Gasteiger partial charge is 0.464 e. The Kier molecular flexibility index (Phi) is 5.04. The molecule has 8 heteroatoms. The van der Waals surface area contributed by atoms with Crippen LogP contribution in [0.4, 0.5) is 5.69 Å². The summed E-state index contributed by atoms with van der Waals surface area (Å²) in [4.78, 5) is 13.8. The Balaban J connectivity index is 1.70. The van der Waals surface area contributed by atoms with Crippen LogP contribution in [0.5, 0.6) is 0 Å². The van der Waals surface area contributed by atoms with Crippen LogP contribution in [0, 0.1) is 11.8 Å². The summed E-state index contributed by atoms with van der Waals surface area (Å²) in [7, 11) is 3.09. The summed E-state index contributed by atoms with van der Waals surface area (Å²) in [5.41, 5.74) is 1.91. The Morgan fingerprint density at radius 3 is 3.00 bits per heavy atom. The van der Waals surface area contributed by atoms with Gasteiger partial charge in [-0.25, -0.2) is 9.48 Å². The maximum Gasteiger partial charge on any atom is 0.360 e. The van der Waals surface area contributed by atoms with Gasteiger partial charge in [-0.15, -0.1) is 0 Å². The number of likely N-dealkylation sites (tertiary alicyclic amines) is 1. The fourth-order valence-electron chi connectivity index (χ4n) is 3.78. The summed E-state index contributed by atoms with van der Waals surface area (Å²) in [6.45, 7) is 1.36. The van der Waals surface area contributed by atoms with E-state index < -0.39 is 17.8 Å². The third kappa shape index (κ3) is 3.49. The molecule has 4 rings (SSSR count). The van der Waals surface area contributed by atoms with E-state index in [0.717, 1.165) is 30.8 Å². The summed E-state index contributed by atoms with van der Waals surface area (Å²) in [5.74, 6) is 5.32. The van der Waals surface area contributed by atoms with Crippen LogP contribution in [0.3, 0.4) is 0 Å². The highest BCUT2D eigenvalue weighted by Crippen LogP contribution is 2.29. The van der Waals surface area contributed by atoms with Gasteiger partial charge in [0.2, 0.25) is 0 Å². The van der Waals surface area contributed by atoms with Gasteiger partial charge in [0.25, 0.3) is 0 Å². The van der Waals surface area contributed by atoms with Crippen molar-refractivity contribution in [1.29, 1.82) is 0 Å². The van der Waals surface area contributed by atoms with Crippen LogP contribution in [0.25, 0.3) is 5.69 Å². The van der Waals surface area contributed by atoms with E-state index in [9.17, 15) is 15.0 Å². The van der Waals surface area contributed by atoms with E-state index in [0.29, 0.717) is 24.2 Å². The number of ether oxygens (including phenoxy) is 1. The van der Waals surface area contributed by atoms with Crippen LogP contribution >= 0.6 is 0 Å². The summed E-state index contributed by atoms with van der Waals surface area (Å²) in [6, 6.07) is 7.43. The fraction of sp³-hybridized carbons (Fsp3) is 0.429. The minimum atomic E-state index is -1.45. The van der Waals surface area contributed by atoms with E-state index in [1.165, 1.54) is 7.11 Å². The molecule has 1 unspecified atom stereocenters. The number of methoxy groups -OCH3 is 1. The third-order valence-electron chi connectivity index (χ3n) is 5.46. The molecule has 8 nitrogen and oxygen atoms in total. The zero-order valence-electron chi connectivity index (χ0n) is 16.5. The highest BCUT2D eigenvalue weighted by atomic mass is 16.5. The molecule has 0 bridgehead atoms. The van der Waals surface area contributed by atoms with Gasteiger partial charge in [0.05, 0.1) is 24.2 Å². The lowest BCUT2D eigenvalue weighted by Gasteiger charge is -2.22. The number of likely N-dealkylation sites (N-methyl/N-ethyl adjacent to an activating group) is 1. The van der Waals surface area contributed by atoms with Gasteiger partial charge in [-0.1, -0.05) is 17.9 Å². The zero-order chi connectivity index (χ0) is 20.6. The SMILES string of the molecule is COC(=O)c1nn(-c2cccc(C#C[C@]3(O)CCN(C)C3O)c2)c2c1NCCC2. The molecule has 1 aromatic heterocycles. The lowest BCUT2D eigenvalue weighted by atomic mass is 10.0. The van der Waals surface area contributed by atoms with Gasteiger partial charge in [0.1, 0.15) is 6.23 Å². The maximum atomic E-state index is 12.1. The van der Waals surface area contributed by atoms with Gasteiger partial charge in [-0.3, -0.25) is 4.90 Å². The molecule has 152 valence electrons. The first-order valence-corrected chi connectivity index (χ1v) is 9.61. The number of aliphatic hydroxyl groups excluding tert-OH is 1. The number of aromatic nitrogens is 2. The summed E-state index contributed by atoms with van der Waals surface area (Å²) < 4.78 is 6.61. The highest BCUT2D eigenvalue weighted by molar-refractivity contribution is 5.94. The number of nitrogens with one attached hydrogen (secondary N) is 1. The van der Waals surface area contributed by atoms with Crippen LogP contribution in [0.1, 0.15) is 34.6 Å². The molecule has 2 aromatic rings. The van der Waals surface area contributed by atoms with Crippen molar-refractivity contribution in [3.8, 4) is 17.5 Å². The predicted octanol–water partition coefficient (Wildman–Crippen LogP) is 0.753. The number of rotatable bonds is 2. The van der Waals surface area contributed by atoms with E-state index in [-0.39, 0.29) is 5.69 Å². The Hall–Kier alpha value is -2.86. The van der Waals surface area contributed by atoms with E-state index in [1.807, 2.05) is 24.3 Å². The van der Waals surface area contributed by atoms with Crippen molar-refractivity contribution >= 4 is 11.7 Å². The molecule has 29 heavy (non-hydrogen) atoms. The summed E-state index contributed by atoms with van der Waals surface area (Å²) in [6.07, 6.45) is 1.11. The molecule has 1 fully saturated rings. The number of anilines is 1. The minimum absolute atomic E-state index is 0.269. The van der Waals surface area contributed by atoms with Gasteiger partial charge in [0, 0.05) is 25.1 Å². The van der Waals surface area contributed by atoms with Crippen molar-refractivity contribution in [3.63, 3.8) is 0 Å². The average molecular weight is 396 g/mol.